The second kappa shape index (κ2) is 8.41. The number of amides is 1. The Labute approximate surface area is 173 Å². The number of hydrogen-bond donors (Lipinski definition) is 1. The predicted molar refractivity (Wildman–Crippen MR) is 108 cm³/mol. The lowest BCUT2D eigenvalue weighted by molar-refractivity contribution is -0.384. The molecular formula is C18H14BrClN4O4. The summed E-state index contributed by atoms with van der Waals surface area (Å²) in [4.78, 5) is 22.7. The van der Waals surface area contributed by atoms with Crippen molar-refractivity contribution in [1.29, 1.82) is 0 Å². The summed E-state index contributed by atoms with van der Waals surface area (Å²) < 4.78 is 7.82. The first-order valence-electron chi connectivity index (χ1n) is 8.01. The number of nitrogens with one attached hydrogen (secondary N) is 1. The van der Waals surface area contributed by atoms with Crippen molar-refractivity contribution in [3.63, 3.8) is 0 Å². The van der Waals surface area contributed by atoms with Gasteiger partial charge in [-0.15, -0.1) is 0 Å². The van der Waals surface area contributed by atoms with Crippen LogP contribution in [0, 0.1) is 17.0 Å². The predicted octanol–water partition coefficient (Wildman–Crippen LogP) is 4.80. The van der Waals surface area contributed by atoms with Crippen LogP contribution in [0.2, 0.25) is 5.02 Å². The van der Waals surface area contributed by atoms with Gasteiger partial charge in [-0.2, -0.15) is 5.10 Å². The third kappa shape index (κ3) is 4.68. The van der Waals surface area contributed by atoms with E-state index in [-0.39, 0.29) is 18.1 Å². The molecule has 0 saturated carbocycles. The Kier molecular flexibility index (Phi) is 5.96. The van der Waals surface area contributed by atoms with Crippen LogP contribution in [0.5, 0.6) is 5.75 Å². The molecule has 0 radical (unpaired) electrons. The van der Waals surface area contributed by atoms with Gasteiger partial charge in [-0.3, -0.25) is 14.9 Å². The molecule has 3 aromatic rings. The standard InChI is InChI=1S/C18H14BrClN4O4/c1-11-8-13(24(26)27)3-4-15(11)21-18(25)16-6-7-23(22-16)10-28-17-5-2-12(20)9-14(17)19/h2-9H,10H2,1H3,(H,21,25). The largest absolute Gasteiger partial charge is 0.470 e. The van der Waals surface area contributed by atoms with Gasteiger partial charge < -0.3 is 10.1 Å². The fourth-order valence-electron chi connectivity index (χ4n) is 2.37. The fraction of sp³-hybridized carbons (Fsp3) is 0.111. The van der Waals surface area contributed by atoms with Gasteiger partial charge in [-0.1, -0.05) is 11.6 Å². The van der Waals surface area contributed by atoms with Crippen LogP contribution in [0.15, 0.2) is 53.1 Å². The van der Waals surface area contributed by atoms with E-state index in [2.05, 4.69) is 26.3 Å². The van der Waals surface area contributed by atoms with Crippen molar-refractivity contribution in [3.8, 4) is 5.75 Å². The highest BCUT2D eigenvalue weighted by atomic mass is 79.9. The number of hydrogen-bond acceptors (Lipinski definition) is 5. The molecule has 1 amide bonds. The van der Waals surface area contributed by atoms with Crippen molar-refractivity contribution >= 4 is 44.8 Å². The van der Waals surface area contributed by atoms with E-state index in [1.54, 1.807) is 37.4 Å². The molecule has 0 fully saturated rings. The van der Waals surface area contributed by atoms with E-state index in [0.29, 0.717) is 26.5 Å². The van der Waals surface area contributed by atoms with E-state index >= 15 is 0 Å². The Balaban J connectivity index is 1.64. The monoisotopic (exact) mass is 464 g/mol. The Morgan fingerprint density at radius 3 is 2.79 bits per heavy atom. The van der Waals surface area contributed by atoms with Gasteiger partial charge in [0.1, 0.15) is 5.75 Å². The van der Waals surface area contributed by atoms with Crippen molar-refractivity contribution < 1.29 is 14.5 Å². The molecule has 144 valence electrons. The van der Waals surface area contributed by atoms with E-state index in [1.807, 2.05) is 0 Å². The topological polar surface area (TPSA) is 99.3 Å². The van der Waals surface area contributed by atoms with Crippen molar-refractivity contribution in [3.05, 3.63) is 79.5 Å². The van der Waals surface area contributed by atoms with Crippen LogP contribution in [-0.2, 0) is 6.73 Å². The van der Waals surface area contributed by atoms with Crippen molar-refractivity contribution in [2.75, 3.05) is 5.32 Å². The van der Waals surface area contributed by atoms with E-state index < -0.39 is 10.8 Å². The Hall–Kier alpha value is -2.91. The second-order valence-corrected chi connectivity index (χ2v) is 7.09. The molecule has 0 saturated heterocycles. The zero-order chi connectivity index (χ0) is 20.3. The highest BCUT2D eigenvalue weighted by molar-refractivity contribution is 9.10. The van der Waals surface area contributed by atoms with Crippen molar-refractivity contribution in [2.24, 2.45) is 0 Å². The van der Waals surface area contributed by atoms with Gasteiger partial charge in [-0.25, -0.2) is 4.68 Å². The number of carbonyl (C=O) groups excluding carboxylic acids is 1. The van der Waals surface area contributed by atoms with Gasteiger partial charge in [0.05, 0.1) is 9.40 Å². The Morgan fingerprint density at radius 2 is 2.11 bits per heavy atom. The molecule has 0 spiro atoms. The lowest BCUT2D eigenvalue weighted by Crippen LogP contribution is -2.15. The number of non-ortho nitro benzene ring substituents is 1. The summed E-state index contributed by atoms with van der Waals surface area (Å²) in [5.74, 6) is 0.163. The van der Waals surface area contributed by atoms with Crippen LogP contribution in [0.4, 0.5) is 11.4 Å². The summed E-state index contributed by atoms with van der Waals surface area (Å²) in [5, 5.41) is 18.2. The van der Waals surface area contributed by atoms with Gasteiger partial charge in [0, 0.05) is 29.0 Å². The van der Waals surface area contributed by atoms with Crippen molar-refractivity contribution in [2.45, 2.75) is 13.7 Å². The number of aryl methyl sites for hydroxylation is 1. The molecule has 0 aliphatic rings. The molecule has 8 nitrogen and oxygen atoms in total. The zero-order valence-corrected chi connectivity index (χ0v) is 16.9. The van der Waals surface area contributed by atoms with Gasteiger partial charge >= 0.3 is 0 Å². The normalized spacial score (nSPS) is 10.5. The first-order valence-corrected chi connectivity index (χ1v) is 9.18. The van der Waals surface area contributed by atoms with E-state index in [9.17, 15) is 14.9 Å². The van der Waals surface area contributed by atoms with E-state index in [0.717, 1.165) is 0 Å². The number of ether oxygens (including phenoxy) is 1. The molecule has 1 aromatic heterocycles. The molecule has 3 rings (SSSR count). The number of nitrogens with zero attached hydrogens (tertiary/aromatic N) is 3. The quantitative estimate of drug-likeness (QED) is 0.416. The third-order valence-electron chi connectivity index (χ3n) is 3.79. The van der Waals surface area contributed by atoms with Crippen LogP contribution in [0.25, 0.3) is 0 Å². The minimum Gasteiger partial charge on any atom is -0.470 e. The number of anilines is 1. The summed E-state index contributed by atoms with van der Waals surface area (Å²) in [6.45, 7) is 1.78. The fourth-order valence-corrected chi connectivity index (χ4v) is 3.17. The highest BCUT2D eigenvalue weighted by Crippen LogP contribution is 2.28. The highest BCUT2D eigenvalue weighted by Gasteiger charge is 2.14. The van der Waals surface area contributed by atoms with Crippen molar-refractivity contribution in [1.82, 2.24) is 9.78 Å². The number of nitro groups is 1. The van der Waals surface area contributed by atoms with E-state index in [1.165, 1.54) is 22.9 Å². The molecule has 0 aliphatic carbocycles. The SMILES string of the molecule is Cc1cc([N+](=O)[O-])ccc1NC(=O)c1ccn(COc2ccc(Cl)cc2Br)n1. The second-order valence-electron chi connectivity index (χ2n) is 5.80. The Morgan fingerprint density at radius 1 is 1.32 bits per heavy atom. The van der Waals surface area contributed by atoms with Crippen LogP contribution in [0.3, 0.4) is 0 Å². The average Bonchev–Trinajstić information content (AvgIpc) is 3.11. The van der Waals surface area contributed by atoms with Gasteiger partial charge in [0.25, 0.3) is 11.6 Å². The molecule has 1 N–H and O–H groups in total. The number of aromatic nitrogens is 2. The number of rotatable bonds is 6. The average molecular weight is 466 g/mol. The molecular weight excluding hydrogens is 452 g/mol. The summed E-state index contributed by atoms with van der Waals surface area (Å²) in [5.41, 5.74) is 1.21. The smallest absolute Gasteiger partial charge is 0.276 e. The first kappa shape index (κ1) is 19.8. The van der Waals surface area contributed by atoms with Crippen LogP contribution in [-0.4, -0.2) is 20.6 Å². The molecule has 10 heteroatoms. The van der Waals surface area contributed by atoms with E-state index in [4.69, 9.17) is 16.3 Å². The minimum absolute atomic E-state index is 0.0368. The maximum atomic E-state index is 12.4. The molecule has 2 aromatic carbocycles. The number of halogens is 2. The Bertz CT molecular complexity index is 1050. The number of carbonyl (C=O) groups is 1. The van der Waals surface area contributed by atoms with Gasteiger partial charge in [0.2, 0.25) is 0 Å². The first-order chi connectivity index (χ1) is 13.3. The number of benzene rings is 2. The summed E-state index contributed by atoms with van der Waals surface area (Å²) in [6.07, 6.45) is 1.61. The van der Waals surface area contributed by atoms with Crippen LogP contribution < -0.4 is 10.1 Å². The lowest BCUT2D eigenvalue weighted by Gasteiger charge is -2.08. The van der Waals surface area contributed by atoms with Crippen LogP contribution >= 0.6 is 27.5 Å². The molecule has 1 heterocycles. The lowest BCUT2D eigenvalue weighted by atomic mass is 10.1. The third-order valence-corrected chi connectivity index (χ3v) is 4.64. The molecule has 0 unspecified atom stereocenters. The maximum Gasteiger partial charge on any atom is 0.276 e. The van der Waals surface area contributed by atoms with Crippen LogP contribution in [0.1, 0.15) is 16.1 Å². The maximum absolute atomic E-state index is 12.4. The number of nitro benzene ring substituents is 1. The molecule has 0 aliphatic heterocycles. The molecule has 28 heavy (non-hydrogen) atoms. The molecule has 0 atom stereocenters. The summed E-state index contributed by atoms with van der Waals surface area (Å²) in [7, 11) is 0. The van der Waals surface area contributed by atoms with Gasteiger partial charge in [-0.05, 0) is 58.7 Å². The zero-order valence-electron chi connectivity index (χ0n) is 14.6. The minimum atomic E-state index is -0.487. The molecule has 0 bridgehead atoms. The van der Waals surface area contributed by atoms with Gasteiger partial charge in [0.15, 0.2) is 12.4 Å². The summed E-state index contributed by atoms with van der Waals surface area (Å²) >= 11 is 9.25. The summed E-state index contributed by atoms with van der Waals surface area (Å²) in [6, 6.07) is 10.9.